The zero-order valence-electron chi connectivity index (χ0n) is 57.6. The van der Waals surface area contributed by atoms with E-state index in [1.165, 1.54) is 94.2 Å². The van der Waals surface area contributed by atoms with Crippen molar-refractivity contribution in [2.45, 2.75) is 270 Å². The van der Waals surface area contributed by atoms with Gasteiger partial charge in [-0.25, -0.2) is 0 Å². The summed E-state index contributed by atoms with van der Waals surface area (Å²) in [6, 6.07) is 6.21. The Bertz CT molecular complexity index is 2510. The Kier molecular flexibility index (Phi) is 27.8. The lowest BCUT2D eigenvalue weighted by Crippen LogP contribution is -2.76. The number of benzene rings is 1. The summed E-state index contributed by atoms with van der Waals surface area (Å²) in [4.78, 5) is 32.0. The number of halogens is 4. The Morgan fingerprint density at radius 3 is 2.22 bits per heavy atom. The molecule has 1 amide bonds. The second-order valence-corrected chi connectivity index (χ2v) is 29.9. The molecule has 6 N–H and O–H groups in total. The Balaban J connectivity index is 1.09. The van der Waals surface area contributed by atoms with Crippen LogP contribution in [0.1, 0.15) is 208 Å². The molecular formula is C73H122ClF3N12O. The van der Waals surface area contributed by atoms with Crippen LogP contribution in [0.4, 0.5) is 13.2 Å². The maximum atomic E-state index is 14.8. The highest BCUT2D eigenvalue weighted by Crippen LogP contribution is 2.44. The van der Waals surface area contributed by atoms with Gasteiger partial charge in [0.25, 0.3) is 0 Å². The van der Waals surface area contributed by atoms with Gasteiger partial charge in [-0.15, -0.1) is 0 Å². The summed E-state index contributed by atoms with van der Waals surface area (Å²) < 4.78 is 41.1. The number of hydrogen-bond acceptors (Lipinski definition) is 12. The van der Waals surface area contributed by atoms with Gasteiger partial charge in [0.05, 0.1) is 16.5 Å². The number of amides is 1. The number of aliphatic imine (C=N–C) groups is 1. The van der Waals surface area contributed by atoms with Gasteiger partial charge in [0.15, 0.2) is 0 Å². The van der Waals surface area contributed by atoms with Crippen LogP contribution in [0.25, 0.3) is 0 Å². The predicted molar refractivity (Wildman–Crippen MR) is 368 cm³/mol. The zero-order valence-corrected chi connectivity index (χ0v) is 58.4. The van der Waals surface area contributed by atoms with Crippen LogP contribution in [0.5, 0.6) is 0 Å². The third kappa shape index (κ3) is 20.0. The molecule has 4 aliphatic heterocycles. The molecule has 0 bridgehead atoms. The number of likely N-dealkylation sites (tertiary alicyclic amines) is 1. The molecule has 90 heavy (non-hydrogen) atoms. The average Bonchev–Trinajstić information content (AvgIpc) is 0.965. The Hall–Kier alpha value is -3.64. The molecule has 4 heterocycles. The molecule has 0 aromatic heterocycles. The summed E-state index contributed by atoms with van der Waals surface area (Å²) in [7, 11) is 4.31. The lowest BCUT2D eigenvalue weighted by atomic mass is 9.74. The number of carbonyl (C=O) groups excluding carboxylic acids is 1. The van der Waals surface area contributed by atoms with Gasteiger partial charge in [0.2, 0.25) is 5.91 Å². The third-order valence-corrected chi connectivity index (χ3v) is 22.7. The van der Waals surface area contributed by atoms with E-state index in [0.29, 0.717) is 54.5 Å². The van der Waals surface area contributed by atoms with E-state index in [2.05, 4.69) is 145 Å². The largest absolute Gasteiger partial charge is 0.417 e. The molecule has 17 heteroatoms. The Morgan fingerprint density at radius 1 is 0.811 bits per heavy atom. The summed E-state index contributed by atoms with van der Waals surface area (Å²) in [6.45, 7) is 28.4. The maximum Gasteiger partial charge on any atom is 0.417 e. The molecule has 7 aliphatic rings. The lowest BCUT2D eigenvalue weighted by Gasteiger charge is -2.60. The zero-order chi connectivity index (χ0) is 64.5. The SMILES string of the molecule is CC[C@H](C)[C@H]1CN[C@@H](CC(C)C)C(C)NCC2[C@H](C(=O)N3CCCC3)C(C)N2[C@@H](C2CCCC2)C(C)NC2(CCCC2)CNCCNC=CC(CCc2ccc(C(F)(F)F)c(Cl)c2)=NC=CN(C)C=C(CC2CCCCC2)N(C)C=C2CCCN2[C@@H](C)C(C)N1. The van der Waals surface area contributed by atoms with Crippen molar-refractivity contribution in [2.24, 2.45) is 34.6 Å². The van der Waals surface area contributed by atoms with Crippen LogP contribution < -0.4 is 31.9 Å². The van der Waals surface area contributed by atoms with Crippen LogP contribution in [-0.4, -0.2) is 162 Å². The molecule has 11 atom stereocenters. The minimum absolute atomic E-state index is 0.0205. The van der Waals surface area contributed by atoms with Gasteiger partial charge >= 0.3 is 6.18 Å². The van der Waals surface area contributed by atoms with E-state index >= 15 is 0 Å². The van der Waals surface area contributed by atoms with E-state index in [1.54, 1.807) is 0 Å². The van der Waals surface area contributed by atoms with E-state index in [9.17, 15) is 18.0 Å². The summed E-state index contributed by atoms with van der Waals surface area (Å²) in [5.41, 5.74) is 3.36. The van der Waals surface area contributed by atoms with Gasteiger partial charge in [-0.1, -0.05) is 110 Å². The number of allylic oxidation sites excluding steroid dienone is 3. The molecule has 3 aliphatic carbocycles. The molecule has 1 aromatic rings. The normalized spacial score (nSPS) is 30.8. The van der Waals surface area contributed by atoms with E-state index in [0.717, 1.165) is 127 Å². The first kappa shape index (κ1) is 72.2. The second kappa shape index (κ2) is 34.7. The molecule has 3 saturated carbocycles. The summed E-state index contributed by atoms with van der Waals surface area (Å²) in [5.74, 6) is 2.57. The first-order chi connectivity index (χ1) is 43.1. The first-order valence-corrected chi connectivity index (χ1v) is 36.4. The minimum Gasteiger partial charge on any atom is -0.390 e. The third-order valence-electron chi connectivity index (χ3n) is 22.4. The second-order valence-electron chi connectivity index (χ2n) is 29.5. The van der Waals surface area contributed by atoms with E-state index < -0.39 is 11.7 Å². The molecule has 508 valence electrons. The number of nitrogens with zero attached hydrogens (tertiary/aromatic N) is 6. The van der Waals surface area contributed by atoms with Gasteiger partial charge in [0, 0.05) is 168 Å². The van der Waals surface area contributed by atoms with Gasteiger partial charge < -0.3 is 51.5 Å². The molecule has 3 saturated heterocycles. The highest BCUT2D eigenvalue weighted by Gasteiger charge is 2.56. The van der Waals surface area contributed by atoms with Crippen LogP contribution in [0.3, 0.4) is 0 Å². The van der Waals surface area contributed by atoms with Gasteiger partial charge in [0.1, 0.15) is 0 Å². The number of aryl methyl sites for hydroxylation is 1. The van der Waals surface area contributed by atoms with Crippen LogP contribution in [-0.2, 0) is 17.4 Å². The fourth-order valence-electron chi connectivity index (χ4n) is 16.7. The predicted octanol–water partition coefficient (Wildman–Crippen LogP) is 13.4. The van der Waals surface area contributed by atoms with Gasteiger partial charge in [-0.3, -0.25) is 14.7 Å². The van der Waals surface area contributed by atoms with Crippen LogP contribution in [0.2, 0.25) is 5.02 Å². The highest BCUT2D eigenvalue weighted by molar-refractivity contribution is 6.31. The van der Waals surface area contributed by atoms with Gasteiger partial charge in [-0.05, 0) is 165 Å². The smallest absolute Gasteiger partial charge is 0.390 e. The summed E-state index contributed by atoms with van der Waals surface area (Å²) in [5, 5.41) is 24.1. The molecule has 8 rings (SSSR count). The first-order valence-electron chi connectivity index (χ1n) is 36.0. The van der Waals surface area contributed by atoms with Crippen molar-refractivity contribution in [3.05, 3.63) is 82.8 Å². The molecule has 5 unspecified atom stereocenters. The number of hydrogen-bond donors (Lipinski definition) is 6. The summed E-state index contributed by atoms with van der Waals surface area (Å²) in [6.07, 6.45) is 32.6. The van der Waals surface area contributed by atoms with Crippen LogP contribution in [0, 0.1) is 29.6 Å². The molecule has 0 radical (unpaired) electrons. The Labute approximate surface area is 548 Å². The molecular weight excluding hydrogens is 1150 g/mol. The average molecular weight is 1280 g/mol. The molecule has 1 aromatic carbocycles. The van der Waals surface area contributed by atoms with E-state index in [1.807, 2.05) is 24.7 Å². The van der Waals surface area contributed by atoms with Crippen molar-refractivity contribution in [2.75, 3.05) is 66.5 Å². The molecule has 1 spiro atoms. The highest BCUT2D eigenvalue weighted by atomic mass is 35.5. The lowest BCUT2D eigenvalue weighted by molar-refractivity contribution is -0.160. The van der Waals surface area contributed by atoms with Crippen molar-refractivity contribution < 1.29 is 18.0 Å². The van der Waals surface area contributed by atoms with Crippen LogP contribution >= 0.6 is 11.6 Å². The summed E-state index contributed by atoms with van der Waals surface area (Å²) >= 11 is 6.21. The maximum absolute atomic E-state index is 14.8. The van der Waals surface area contributed by atoms with Crippen LogP contribution in [0.15, 0.2) is 71.7 Å². The number of fused-ring (bicyclic) bond motifs is 2. The van der Waals surface area contributed by atoms with Crippen molar-refractivity contribution in [3.63, 3.8) is 0 Å². The monoisotopic (exact) mass is 1270 g/mol. The minimum atomic E-state index is -4.51. The molecule has 6 fully saturated rings. The topological polar surface area (TPSA) is 118 Å². The number of nitrogens with one attached hydrogen (secondary N) is 6. The van der Waals surface area contributed by atoms with E-state index in [-0.39, 0.29) is 58.8 Å². The number of alkyl halides is 3. The number of rotatable bonds is 11. The number of carbonyl (C=O) groups is 1. The standard InChI is InChI=1S/C73H122ClF3N12O/c1-12-52(4)67-46-82-66(43-51(2)3)54(6)81-47-68-69(71(90)87-39-20-21-40-87)57(9)89(68)70(60-25-16-17-26-60)55(7)84-72(33-18-19-34-72)50-79-37-36-78-35-32-61(30-28-59-29-31-64(65(74)45-59)73(75,76)77)80-38-42-85(10)48-63(44-58-23-14-13-15-24-58)86(11)49-62-27-22-41-88(62)56(8)53(5)83-67/h29,31-32,35,38,42,45,48-49,51-58,60,66-70,78-79,81-84H,12-28,30,33-34,36-37,39-41,43-44,46-47,50H2,1-11H3/t52-,53?,54?,55?,56-,57?,66-,67+,68?,69+,70+/m0/s1. The fourth-order valence-corrected chi connectivity index (χ4v) is 17.1. The fraction of sp³-hybridized carbons (Fsp3) is 0.781. The van der Waals surface area contributed by atoms with Crippen molar-refractivity contribution in [1.82, 2.24) is 56.4 Å². The van der Waals surface area contributed by atoms with E-state index in [4.69, 9.17) is 16.6 Å². The molecule has 13 nitrogen and oxygen atoms in total. The van der Waals surface area contributed by atoms with Gasteiger partial charge in [-0.2, -0.15) is 13.2 Å². The van der Waals surface area contributed by atoms with Crippen molar-refractivity contribution >= 4 is 23.2 Å². The van der Waals surface area contributed by atoms with Crippen molar-refractivity contribution in [1.29, 1.82) is 0 Å². The Morgan fingerprint density at radius 2 is 1.53 bits per heavy atom. The van der Waals surface area contributed by atoms with Crippen molar-refractivity contribution in [3.8, 4) is 0 Å². The quantitative estimate of drug-likeness (QED) is 0.127.